The van der Waals surface area contributed by atoms with Gasteiger partial charge in [0, 0.05) is 18.7 Å². The number of ketones is 1. The number of likely N-dealkylation sites (tertiary alicyclic amines) is 1. The number of benzene rings is 2. The number of carbonyl (C=O) groups excluding carboxylic acids is 2. The van der Waals surface area contributed by atoms with Crippen LogP contribution < -0.4 is 14.2 Å². The quantitative estimate of drug-likeness (QED) is 0.324. The third-order valence-corrected chi connectivity index (χ3v) is 5.55. The maximum Gasteiger partial charge on any atom is 0.295 e. The molecule has 1 aliphatic heterocycles. The number of amides is 1. The van der Waals surface area contributed by atoms with Crippen LogP contribution in [0, 0.1) is 0 Å². The minimum absolute atomic E-state index is 0.0311. The molecule has 1 amide bonds. The number of aliphatic hydroxyl groups is 1. The van der Waals surface area contributed by atoms with E-state index in [0.29, 0.717) is 54.7 Å². The largest absolute Gasteiger partial charge is 0.507 e. The van der Waals surface area contributed by atoms with Gasteiger partial charge in [0.05, 0.1) is 31.9 Å². The van der Waals surface area contributed by atoms with Crippen LogP contribution in [-0.4, -0.2) is 74.1 Å². The predicted molar refractivity (Wildman–Crippen MR) is 129 cm³/mol. The van der Waals surface area contributed by atoms with Gasteiger partial charge in [-0.25, -0.2) is 0 Å². The normalized spacial score (nSPS) is 17.4. The van der Waals surface area contributed by atoms with Crippen molar-refractivity contribution in [2.24, 2.45) is 0 Å². The summed E-state index contributed by atoms with van der Waals surface area (Å²) >= 11 is 0. The summed E-state index contributed by atoms with van der Waals surface area (Å²) in [5, 5.41) is 11.2. The number of Topliss-reactive ketones (excluding diaryl/α,β-unsaturated/α-hetero) is 1. The summed E-state index contributed by atoms with van der Waals surface area (Å²) in [4.78, 5) is 29.7. The molecule has 8 heteroatoms. The van der Waals surface area contributed by atoms with Crippen LogP contribution >= 0.6 is 0 Å². The minimum atomic E-state index is -0.777. The highest BCUT2D eigenvalue weighted by molar-refractivity contribution is 6.46. The Hall–Kier alpha value is -3.52. The number of ether oxygens (including phenoxy) is 3. The lowest BCUT2D eigenvalue weighted by Gasteiger charge is -2.27. The maximum absolute atomic E-state index is 13.2. The molecule has 0 spiro atoms. The summed E-state index contributed by atoms with van der Waals surface area (Å²) < 4.78 is 16.7. The Bertz CT molecular complexity index is 1080. The first-order valence-electron chi connectivity index (χ1n) is 11.3. The predicted octanol–water partition coefficient (Wildman–Crippen LogP) is 3.48. The summed E-state index contributed by atoms with van der Waals surface area (Å²) in [6.45, 7) is 5.51. The minimum Gasteiger partial charge on any atom is -0.507 e. The first-order valence-corrected chi connectivity index (χ1v) is 11.3. The standard InChI is InChI=1S/C26H32N2O6/c1-6-33-20-12-11-17(16-21(20)34-7-2)23-22(24(29)18-9-8-10-19(15-18)32-5)25(30)26(31)28(23)14-13-27(3)4/h8-12,15-16,23,29H,6-7,13-14H2,1-5H3. The van der Waals surface area contributed by atoms with Crippen molar-refractivity contribution in [2.45, 2.75) is 19.9 Å². The first kappa shape index (κ1) is 25.1. The van der Waals surface area contributed by atoms with E-state index >= 15 is 0 Å². The average molecular weight is 469 g/mol. The second-order valence-electron chi connectivity index (χ2n) is 8.10. The van der Waals surface area contributed by atoms with Crippen molar-refractivity contribution in [3.8, 4) is 17.2 Å². The summed E-state index contributed by atoms with van der Waals surface area (Å²) in [5.74, 6) is -0.00443. The van der Waals surface area contributed by atoms with E-state index in [1.807, 2.05) is 32.8 Å². The number of hydrogen-bond acceptors (Lipinski definition) is 7. The van der Waals surface area contributed by atoms with Crippen molar-refractivity contribution >= 4 is 17.4 Å². The molecule has 1 heterocycles. The molecule has 3 rings (SSSR count). The summed E-state index contributed by atoms with van der Waals surface area (Å²) in [7, 11) is 5.31. The molecule has 0 aliphatic carbocycles. The molecule has 2 aromatic rings. The van der Waals surface area contributed by atoms with Gasteiger partial charge in [0.25, 0.3) is 11.7 Å². The molecular formula is C26H32N2O6. The van der Waals surface area contributed by atoms with E-state index in [9.17, 15) is 14.7 Å². The molecule has 34 heavy (non-hydrogen) atoms. The number of aliphatic hydroxyl groups excluding tert-OH is 1. The second-order valence-corrected chi connectivity index (χ2v) is 8.10. The van der Waals surface area contributed by atoms with Crippen molar-refractivity contribution in [3.05, 3.63) is 59.2 Å². The van der Waals surface area contributed by atoms with E-state index in [1.165, 1.54) is 12.0 Å². The summed E-state index contributed by atoms with van der Waals surface area (Å²) in [6, 6.07) is 11.3. The van der Waals surface area contributed by atoms with Crippen LogP contribution in [0.15, 0.2) is 48.0 Å². The Kier molecular flexibility index (Phi) is 8.17. The Morgan fingerprint density at radius 2 is 1.74 bits per heavy atom. The zero-order chi connectivity index (χ0) is 24.8. The van der Waals surface area contributed by atoms with Crippen molar-refractivity contribution in [2.75, 3.05) is 47.5 Å². The van der Waals surface area contributed by atoms with Gasteiger partial charge in [0.15, 0.2) is 11.5 Å². The fraction of sp³-hybridized carbons (Fsp3) is 0.385. The highest BCUT2D eigenvalue weighted by Crippen LogP contribution is 2.42. The number of methoxy groups -OCH3 is 1. The fourth-order valence-corrected chi connectivity index (χ4v) is 3.93. The SMILES string of the molecule is CCOc1ccc(C2C(=C(O)c3cccc(OC)c3)C(=O)C(=O)N2CCN(C)C)cc1OCC. The number of likely N-dealkylation sites (N-methyl/N-ethyl adjacent to an activating group) is 1. The Labute approximate surface area is 200 Å². The molecule has 1 fully saturated rings. The highest BCUT2D eigenvalue weighted by atomic mass is 16.5. The van der Waals surface area contributed by atoms with Gasteiger partial charge in [-0.3, -0.25) is 9.59 Å². The monoisotopic (exact) mass is 468 g/mol. The Morgan fingerprint density at radius 1 is 1.03 bits per heavy atom. The van der Waals surface area contributed by atoms with E-state index in [2.05, 4.69) is 0 Å². The molecular weight excluding hydrogens is 436 g/mol. The third kappa shape index (κ3) is 5.17. The lowest BCUT2D eigenvalue weighted by molar-refractivity contribution is -0.140. The van der Waals surface area contributed by atoms with Crippen LogP contribution in [0.4, 0.5) is 0 Å². The second kappa shape index (κ2) is 11.1. The van der Waals surface area contributed by atoms with Gasteiger partial charge < -0.3 is 29.1 Å². The molecule has 1 atom stereocenters. The van der Waals surface area contributed by atoms with Crippen LogP contribution in [0.5, 0.6) is 17.2 Å². The molecule has 0 saturated carbocycles. The van der Waals surface area contributed by atoms with E-state index in [0.717, 1.165) is 0 Å². The number of rotatable bonds is 10. The lowest BCUT2D eigenvalue weighted by atomic mass is 9.95. The highest BCUT2D eigenvalue weighted by Gasteiger charge is 2.46. The Morgan fingerprint density at radius 3 is 2.38 bits per heavy atom. The van der Waals surface area contributed by atoms with Crippen LogP contribution in [0.2, 0.25) is 0 Å². The van der Waals surface area contributed by atoms with Gasteiger partial charge in [0.1, 0.15) is 11.5 Å². The van der Waals surface area contributed by atoms with Crippen molar-refractivity contribution in [1.29, 1.82) is 0 Å². The molecule has 1 saturated heterocycles. The van der Waals surface area contributed by atoms with E-state index < -0.39 is 17.7 Å². The molecule has 8 nitrogen and oxygen atoms in total. The lowest BCUT2D eigenvalue weighted by Crippen LogP contribution is -2.35. The summed E-state index contributed by atoms with van der Waals surface area (Å²) in [6.07, 6.45) is 0. The molecule has 1 aliphatic rings. The molecule has 1 N–H and O–H groups in total. The Balaban J connectivity index is 2.18. The fourth-order valence-electron chi connectivity index (χ4n) is 3.93. The van der Waals surface area contributed by atoms with Gasteiger partial charge in [-0.1, -0.05) is 18.2 Å². The zero-order valence-corrected chi connectivity index (χ0v) is 20.3. The van der Waals surface area contributed by atoms with E-state index in [4.69, 9.17) is 14.2 Å². The topological polar surface area (TPSA) is 88.5 Å². The van der Waals surface area contributed by atoms with Crippen molar-refractivity contribution in [1.82, 2.24) is 9.80 Å². The molecule has 1 unspecified atom stereocenters. The van der Waals surface area contributed by atoms with Crippen LogP contribution in [0.25, 0.3) is 5.76 Å². The van der Waals surface area contributed by atoms with Gasteiger partial charge in [0.2, 0.25) is 0 Å². The molecule has 0 bridgehead atoms. The molecule has 2 aromatic carbocycles. The average Bonchev–Trinajstić information content (AvgIpc) is 3.08. The molecule has 182 valence electrons. The number of hydrogen-bond donors (Lipinski definition) is 1. The number of carbonyl (C=O) groups is 2. The summed E-state index contributed by atoms with van der Waals surface area (Å²) in [5.41, 5.74) is 1.07. The first-order chi connectivity index (χ1) is 16.3. The number of nitrogens with zero attached hydrogens (tertiary/aromatic N) is 2. The third-order valence-electron chi connectivity index (χ3n) is 5.55. The molecule has 0 aromatic heterocycles. The van der Waals surface area contributed by atoms with Gasteiger partial charge in [-0.15, -0.1) is 0 Å². The van der Waals surface area contributed by atoms with Gasteiger partial charge in [-0.05, 0) is 57.8 Å². The van der Waals surface area contributed by atoms with E-state index in [-0.39, 0.29) is 11.3 Å². The van der Waals surface area contributed by atoms with Crippen LogP contribution in [-0.2, 0) is 9.59 Å². The van der Waals surface area contributed by atoms with Crippen molar-refractivity contribution in [3.63, 3.8) is 0 Å². The zero-order valence-electron chi connectivity index (χ0n) is 20.3. The van der Waals surface area contributed by atoms with E-state index in [1.54, 1.807) is 42.5 Å². The molecule has 0 radical (unpaired) electrons. The van der Waals surface area contributed by atoms with Gasteiger partial charge in [-0.2, -0.15) is 0 Å². The maximum atomic E-state index is 13.2. The van der Waals surface area contributed by atoms with Crippen LogP contribution in [0.3, 0.4) is 0 Å². The smallest absolute Gasteiger partial charge is 0.295 e. The van der Waals surface area contributed by atoms with Crippen molar-refractivity contribution < 1.29 is 28.9 Å². The van der Waals surface area contributed by atoms with Crippen LogP contribution in [0.1, 0.15) is 31.0 Å². The van der Waals surface area contributed by atoms with Gasteiger partial charge >= 0.3 is 0 Å².